The van der Waals surface area contributed by atoms with E-state index in [1.165, 1.54) is 28.9 Å². The van der Waals surface area contributed by atoms with Gasteiger partial charge in [0.1, 0.15) is 5.69 Å². The van der Waals surface area contributed by atoms with Crippen LogP contribution in [0.25, 0.3) is 5.69 Å². The molecular weight excluding hydrogens is 414 g/mol. The molecule has 0 spiro atoms. The number of nitrogens with one attached hydrogen (secondary N) is 1. The maximum atomic E-state index is 12.8. The molecule has 10 heteroatoms. The van der Waals surface area contributed by atoms with Gasteiger partial charge in [0.15, 0.2) is 5.69 Å². The first kappa shape index (κ1) is 20.9. The third-order valence-electron chi connectivity index (χ3n) is 5.12. The molecule has 10 nitrogen and oxygen atoms in total. The van der Waals surface area contributed by atoms with E-state index in [1.807, 2.05) is 0 Å². The zero-order valence-corrected chi connectivity index (χ0v) is 17.1. The molecule has 4 rings (SSSR count). The monoisotopic (exact) mass is 433 g/mol. The number of hydrogen-bond donors (Lipinski definition) is 1. The predicted octanol–water partition coefficient (Wildman–Crippen LogP) is 2.83. The molecule has 0 bridgehead atoms. The third-order valence-corrected chi connectivity index (χ3v) is 5.12. The van der Waals surface area contributed by atoms with Crippen LogP contribution in [0.1, 0.15) is 29.0 Å². The molecule has 0 unspecified atom stereocenters. The highest BCUT2D eigenvalue weighted by molar-refractivity contribution is 6.03. The Balaban J connectivity index is 1.67. The second-order valence-corrected chi connectivity index (χ2v) is 7.31. The van der Waals surface area contributed by atoms with Crippen molar-refractivity contribution in [1.82, 2.24) is 9.78 Å². The Morgan fingerprint density at radius 1 is 1.12 bits per heavy atom. The fourth-order valence-electron chi connectivity index (χ4n) is 3.61. The summed E-state index contributed by atoms with van der Waals surface area (Å²) in [6.07, 6.45) is 1.25. The molecule has 2 amide bonds. The standard InChI is InChI=1S/C22H19N5O5/c1-14-12-19(28)21(24-26(14)17-8-2-3-9-18(17)27(31)32)22(30)23-15-6-4-7-16(13-15)25-11-5-10-20(25)29/h2-4,6-9,12-13H,5,10-11H2,1H3,(H,23,30). The molecule has 1 fully saturated rings. The molecule has 1 aliphatic rings. The van der Waals surface area contributed by atoms with Crippen LogP contribution in [-0.2, 0) is 4.79 Å². The first-order chi connectivity index (χ1) is 15.3. The van der Waals surface area contributed by atoms with E-state index in [-0.39, 0.29) is 17.3 Å². The number of nitrogens with zero attached hydrogens (tertiary/aromatic N) is 4. The quantitative estimate of drug-likeness (QED) is 0.487. The molecule has 0 atom stereocenters. The van der Waals surface area contributed by atoms with Crippen LogP contribution in [0.5, 0.6) is 0 Å². The number of hydrogen-bond acceptors (Lipinski definition) is 6. The van der Waals surface area contributed by atoms with E-state index in [2.05, 4.69) is 10.4 Å². The molecule has 1 N–H and O–H groups in total. The number of benzene rings is 2. The fourth-order valence-corrected chi connectivity index (χ4v) is 3.61. The van der Waals surface area contributed by atoms with Gasteiger partial charge in [-0.15, -0.1) is 0 Å². The fraction of sp³-hybridized carbons (Fsp3) is 0.182. The first-order valence-corrected chi connectivity index (χ1v) is 9.92. The van der Waals surface area contributed by atoms with Gasteiger partial charge in [0, 0.05) is 42.2 Å². The molecule has 1 aliphatic heterocycles. The number of para-hydroxylation sites is 2. The lowest BCUT2D eigenvalue weighted by molar-refractivity contribution is -0.384. The number of carbonyl (C=O) groups excluding carboxylic acids is 2. The summed E-state index contributed by atoms with van der Waals surface area (Å²) < 4.78 is 1.20. The second-order valence-electron chi connectivity index (χ2n) is 7.31. The van der Waals surface area contributed by atoms with Crippen LogP contribution in [0, 0.1) is 17.0 Å². The minimum absolute atomic E-state index is 0.0148. The van der Waals surface area contributed by atoms with Gasteiger partial charge >= 0.3 is 0 Å². The van der Waals surface area contributed by atoms with E-state index in [4.69, 9.17) is 0 Å². The van der Waals surface area contributed by atoms with Gasteiger partial charge < -0.3 is 10.2 Å². The number of anilines is 2. The van der Waals surface area contributed by atoms with Crippen LogP contribution in [0.2, 0.25) is 0 Å². The molecule has 0 radical (unpaired) electrons. The molecule has 162 valence electrons. The number of nitro groups is 1. The largest absolute Gasteiger partial charge is 0.320 e. The predicted molar refractivity (Wildman–Crippen MR) is 117 cm³/mol. The van der Waals surface area contributed by atoms with Crippen LogP contribution in [0.15, 0.2) is 59.4 Å². The summed E-state index contributed by atoms with van der Waals surface area (Å²) in [6.45, 7) is 2.18. The summed E-state index contributed by atoms with van der Waals surface area (Å²) in [4.78, 5) is 49.8. The number of rotatable bonds is 5. The van der Waals surface area contributed by atoms with Crippen molar-refractivity contribution < 1.29 is 14.5 Å². The topological polar surface area (TPSA) is 127 Å². The van der Waals surface area contributed by atoms with Gasteiger partial charge in [-0.05, 0) is 37.6 Å². The Hall–Kier alpha value is -4.34. The van der Waals surface area contributed by atoms with Crippen LogP contribution in [-0.4, -0.2) is 33.1 Å². The Bertz CT molecular complexity index is 1300. The van der Waals surface area contributed by atoms with Gasteiger partial charge in [-0.2, -0.15) is 5.10 Å². The van der Waals surface area contributed by atoms with Crippen molar-refractivity contribution in [1.29, 1.82) is 0 Å². The molecular formula is C22H19N5O5. The lowest BCUT2D eigenvalue weighted by Crippen LogP contribution is -2.27. The maximum absolute atomic E-state index is 12.8. The van der Waals surface area contributed by atoms with E-state index in [9.17, 15) is 24.5 Å². The van der Waals surface area contributed by atoms with E-state index < -0.39 is 22.0 Å². The maximum Gasteiger partial charge on any atom is 0.294 e. The van der Waals surface area contributed by atoms with Crippen molar-refractivity contribution in [3.05, 3.63) is 86.3 Å². The van der Waals surface area contributed by atoms with Crippen LogP contribution < -0.4 is 15.6 Å². The van der Waals surface area contributed by atoms with Gasteiger partial charge in [0.25, 0.3) is 11.6 Å². The minimum Gasteiger partial charge on any atom is -0.320 e. The third kappa shape index (κ3) is 3.97. The van der Waals surface area contributed by atoms with Crippen molar-refractivity contribution in [2.24, 2.45) is 0 Å². The average Bonchev–Trinajstić information content (AvgIpc) is 3.20. The van der Waals surface area contributed by atoms with Crippen LogP contribution in [0.3, 0.4) is 0 Å². The number of nitro benzene ring substituents is 1. The summed E-state index contributed by atoms with van der Waals surface area (Å²) in [5, 5.41) is 18.1. The number of aromatic nitrogens is 2. The Morgan fingerprint density at radius 3 is 2.62 bits per heavy atom. The number of aryl methyl sites for hydroxylation is 1. The number of carbonyl (C=O) groups is 2. The van der Waals surface area contributed by atoms with E-state index in [0.717, 1.165) is 6.42 Å². The summed E-state index contributed by atoms with van der Waals surface area (Å²) in [7, 11) is 0. The van der Waals surface area contributed by atoms with Gasteiger partial charge in [-0.25, -0.2) is 4.68 Å². The highest BCUT2D eigenvalue weighted by Gasteiger charge is 2.23. The first-order valence-electron chi connectivity index (χ1n) is 9.92. The Kier molecular flexibility index (Phi) is 5.50. The second kappa shape index (κ2) is 8.42. The summed E-state index contributed by atoms with van der Waals surface area (Å²) in [5.41, 5.74) is 0.304. The highest BCUT2D eigenvalue weighted by Crippen LogP contribution is 2.25. The molecule has 2 heterocycles. The average molecular weight is 433 g/mol. The molecule has 0 aliphatic carbocycles. The van der Waals surface area contributed by atoms with Crippen molar-refractivity contribution in [2.75, 3.05) is 16.8 Å². The molecule has 2 aromatic carbocycles. The van der Waals surface area contributed by atoms with Crippen molar-refractivity contribution in [3.8, 4) is 5.69 Å². The van der Waals surface area contributed by atoms with E-state index in [0.29, 0.717) is 30.0 Å². The van der Waals surface area contributed by atoms with Gasteiger partial charge in [-0.3, -0.25) is 24.5 Å². The highest BCUT2D eigenvalue weighted by atomic mass is 16.6. The van der Waals surface area contributed by atoms with Gasteiger partial charge in [-0.1, -0.05) is 18.2 Å². The van der Waals surface area contributed by atoms with Gasteiger partial charge in [0.2, 0.25) is 11.3 Å². The summed E-state index contributed by atoms with van der Waals surface area (Å²) in [6, 6.07) is 13.9. The zero-order valence-electron chi connectivity index (χ0n) is 17.1. The molecule has 32 heavy (non-hydrogen) atoms. The van der Waals surface area contributed by atoms with Crippen LogP contribution >= 0.6 is 0 Å². The smallest absolute Gasteiger partial charge is 0.294 e. The SMILES string of the molecule is Cc1cc(=O)c(C(=O)Nc2cccc(N3CCCC3=O)c2)nn1-c1ccccc1[N+](=O)[O-]. The van der Waals surface area contributed by atoms with E-state index in [1.54, 1.807) is 42.2 Å². The molecule has 1 aromatic heterocycles. The molecule has 0 saturated carbocycles. The van der Waals surface area contributed by atoms with E-state index >= 15 is 0 Å². The number of amides is 2. The van der Waals surface area contributed by atoms with Crippen molar-refractivity contribution in [2.45, 2.75) is 19.8 Å². The van der Waals surface area contributed by atoms with Crippen LogP contribution in [0.4, 0.5) is 17.1 Å². The van der Waals surface area contributed by atoms with Crippen molar-refractivity contribution >= 4 is 28.9 Å². The van der Waals surface area contributed by atoms with Gasteiger partial charge in [0.05, 0.1) is 4.92 Å². The lowest BCUT2D eigenvalue weighted by atomic mass is 10.2. The Labute approximate surface area is 182 Å². The molecule has 1 saturated heterocycles. The lowest BCUT2D eigenvalue weighted by Gasteiger charge is -2.17. The summed E-state index contributed by atoms with van der Waals surface area (Å²) >= 11 is 0. The molecule has 3 aromatic rings. The summed E-state index contributed by atoms with van der Waals surface area (Å²) in [5.74, 6) is -0.742. The minimum atomic E-state index is -0.757. The normalized spacial score (nSPS) is 13.3. The van der Waals surface area contributed by atoms with Crippen molar-refractivity contribution in [3.63, 3.8) is 0 Å². The Morgan fingerprint density at radius 2 is 1.91 bits per heavy atom. The zero-order chi connectivity index (χ0) is 22.8.